The molecular weight excluding hydrogens is 190 g/mol. The van der Waals surface area contributed by atoms with Crippen molar-refractivity contribution in [2.75, 3.05) is 13.2 Å². The SMILES string of the molecule is CCC(O)CNC(CO)c1ccccc1. The number of hydrogen-bond donors (Lipinski definition) is 3. The molecule has 0 radical (unpaired) electrons. The summed E-state index contributed by atoms with van der Waals surface area (Å²) in [4.78, 5) is 0. The fourth-order valence-electron chi connectivity index (χ4n) is 1.40. The molecule has 0 amide bonds. The second kappa shape index (κ2) is 6.56. The van der Waals surface area contributed by atoms with Crippen LogP contribution < -0.4 is 5.32 Å². The number of nitrogens with one attached hydrogen (secondary N) is 1. The Balaban J connectivity index is 2.50. The van der Waals surface area contributed by atoms with Crippen LogP contribution in [0.5, 0.6) is 0 Å². The van der Waals surface area contributed by atoms with E-state index in [1.807, 2.05) is 37.3 Å². The summed E-state index contributed by atoms with van der Waals surface area (Å²) in [6, 6.07) is 9.66. The van der Waals surface area contributed by atoms with Crippen LogP contribution in [-0.4, -0.2) is 29.5 Å². The van der Waals surface area contributed by atoms with Crippen molar-refractivity contribution in [3.63, 3.8) is 0 Å². The van der Waals surface area contributed by atoms with Crippen LogP contribution in [0.1, 0.15) is 24.9 Å². The summed E-state index contributed by atoms with van der Waals surface area (Å²) >= 11 is 0. The van der Waals surface area contributed by atoms with Crippen molar-refractivity contribution in [2.24, 2.45) is 0 Å². The van der Waals surface area contributed by atoms with E-state index in [2.05, 4.69) is 5.32 Å². The summed E-state index contributed by atoms with van der Waals surface area (Å²) in [5, 5.41) is 21.8. The molecule has 1 rings (SSSR count). The van der Waals surface area contributed by atoms with Crippen molar-refractivity contribution >= 4 is 0 Å². The molecule has 3 heteroatoms. The van der Waals surface area contributed by atoms with E-state index in [0.29, 0.717) is 6.54 Å². The number of aliphatic hydroxyl groups excluding tert-OH is 2. The number of rotatable bonds is 6. The van der Waals surface area contributed by atoms with Crippen molar-refractivity contribution in [3.8, 4) is 0 Å². The monoisotopic (exact) mass is 209 g/mol. The molecule has 0 fully saturated rings. The standard InChI is InChI=1S/C12H19NO2/c1-2-11(15)8-13-12(9-14)10-6-4-3-5-7-10/h3-7,11-15H,2,8-9H2,1H3. The van der Waals surface area contributed by atoms with Gasteiger partial charge in [-0.15, -0.1) is 0 Å². The van der Waals surface area contributed by atoms with E-state index in [-0.39, 0.29) is 18.8 Å². The first kappa shape index (κ1) is 12.2. The largest absolute Gasteiger partial charge is 0.394 e. The molecule has 84 valence electrons. The Hall–Kier alpha value is -0.900. The highest BCUT2D eigenvalue weighted by Crippen LogP contribution is 2.11. The van der Waals surface area contributed by atoms with Gasteiger partial charge >= 0.3 is 0 Å². The predicted octanol–water partition coefficient (Wildman–Crippen LogP) is 1.08. The topological polar surface area (TPSA) is 52.5 Å². The summed E-state index contributed by atoms with van der Waals surface area (Å²) in [5.74, 6) is 0. The smallest absolute Gasteiger partial charge is 0.0662 e. The van der Waals surface area contributed by atoms with Gasteiger partial charge in [0.2, 0.25) is 0 Å². The highest BCUT2D eigenvalue weighted by molar-refractivity contribution is 5.18. The Labute approximate surface area is 90.8 Å². The van der Waals surface area contributed by atoms with Crippen LogP contribution in [0.25, 0.3) is 0 Å². The Morgan fingerprint density at radius 3 is 2.47 bits per heavy atom. The van der Waals surface area contributed by atoms with Crippen LogP contribution in [0.2, 0.25) is 0 Å². The van der Waals surface area contributed by atoms with Gasteiger partial charge in [0.1, 0.15) is 0 Å². The lowest BCUT2D eigenvalue weighted by Crippen LogP contribution is -2.31. The molecule has 0 bridgehead atoms. The van der Waals surface area contributed by atoms with E-state index in [9.17, 15) is 10.2 Å². The minimum absolute atomic E-state index is 0.0421. The van der Waals surface area contributed by atoms with E-state index in [1.165, 1.54) is 0 Å². The van der Waals surface area contributed by atoms with Gasteiger partial charge in [0.05, 0.1) is 18.8 Å². The van der Waals surface area contributed by atoms with Gasteiger partial charge in [0, 0.05) is 6.54 Å². The Kier molecular flexibility index (Phi) is 5.32. The lowest BCUT2D eigenvalue weighted by Gasteiger charge is -2.18. The maximum absolute atomic E-state index is 9.41. The molecule has 2 atom stereocenters. The maximum Gasteiger partial charge on any atom is 0.0662 e. The van der Waals surface area contributed by atoms with Gasteiger partial charge in [-0.2, -0.15) is 0 Å². The second-order valence-electron chi connectivity index (χ2n) is 3.62. The van der Waals surface area contributed by atoms with Gasteiger partial charge in [-0.05, 0) is 12.0 Å². The first-order valence-corrected chi connectivity index (χ1v) is 5.35. The lowest BCUT2D eigenvalue weighted by molar-refractivity contribution is 0.153. The molecule has 0 aliphatic carbocycles. The molecule has 3 nitrogen and oxygen atoms in total. The molecule has 0 aromatic heterocycles. The Morgan fingerprint density at radius 2 is 1.93 bits per heavy atom. The fraction of sp³-hybridized carbons (Fsp3) is 0.500. The van der Waals surface area contributed by atoms with E-state index in [0.717, 1.165) is 12.0 Å². The molecule has 2 unspecified atom stereocenters. The number of hydrogen-bond acceptors (Lipinski definition) is 3. The van der Waals surface area contributed by atoms with Gasteiger partial charge in [0.15, 0.2) is 0 Å². The van der Waals surface area contributed by atoms with E-state index < -0.39 is 0 Å². The predicted molar refractivity (Wildman–Crippen MR) is 60.6 cm³/mol. The van der Waals surface area contributed by atoms with Crippen LogP contribution in [0.15, 0.2) is 30.3 Å². The molecule has 0 spiro atoms. The molecule has 3 N–H and O–H groups in total. The number of aliphatic hydroxyl groups is 2. The Morgan fingerprint density at radius 1 is 1.27 bits per heavy atom. The highest BCUT2D eigenvalue weighted by Gasteiger charge is 2.10. The summed E-state index contributed by atoms with van der Waals surface area (Å²) in [6.45, 7) is 2.49. The zero-order valence-electron chi connectivity index (χ0n) is 9.06. The quantitative estimate of drug-likeness (QED) is 0.657. The van der Waals surface area contributed by atoms with Gasteiger partial charge in [-0.3, -0.25) is 0 Å². The van der Waals surface area contributed by atoms with Gasteiger partial charge in [0.25, 0.3) is 0 Å². The first-order valence-electron chi connectivity index (χ1n) is 5.35. The van der Waals surface area contributed by atoms with Crippen LogP contribution in [0.4, 0.5) is 0 Å². The normalized spacial score (nSPS) is 14.9. The van der Waals surface area contributed by atoms with Crippen molar-refractivity contribution in [1.29, 1.82) is 0 Å². The van der Waals surface area contributed by atoms with Gasteiger partial charge < -0.3 is 15.5 Å². The third-order valence-electron chi connectivity index (χ3n) is 2.46. The number of benzene rings is 1. The first-order chi connectivity index (χ1) is 7.27. The van der Waals surface area contributed by atoms with Crippen molar-refractivity contribution in [1.82, 2.24) is 5.32 Å². The molecule has 1 aromatic carbocycles. The van der Waals surface area contributed by atoms with Crippen LogP contribution in [0, 0.1) is 0 Å². The maximum atomic E-state index is 9.41. The average molecular weight is 209 g/mol. The van der Waals surface area contributed by atoms with Gasteiger partial charge in [-0.25, -0.2) is 0 Å². The zero-order valence-corrected chi connectivity index (χ0v) is 9.06. The minimum Gasteiger partial charge on any atom is -0.394 e. The molecule has 0 heterocycles. The summed E-state index contributed by atoms with van der Waals surface area (Å²) in [6.07, 6.45) is 0.377. The van der Waals surface area contributed by atoms with Crippen molar-refractivity contribution < 1.29 is 10.2 Å². The minimum atomic E-state index is -0.345. The molecule has 0 saturated heterocycles. The van der Waals surface area contributed by atoms with Crippen molar-refractivity contribution in [3.05, 3.63) is 35.9 Å². The van der Waals surface area contributed by atoms with E-state index in [4.69, 9.17) is 0 Å². The Bertz CT molecular complexity index is 264. The highest BCUT2D eigenvalue weighted by atomic mass is 16.3. The molecule has 1 aromatic rings. The molecule has 0 saturated carbocycles. The summed E-state index contributed by atoms with van der Waals surface area (Å²) < 4.78 is 0. The van der Waals surface area contributed by atoms with E-state index in [1.54, 1.807) is 0 Å². The lowest BCUT2D eigenvalue weighted by atomic mass is 10.1. The molecule has 15 heavy (non-hydrogen) atoms. The summed E-state index contributed by atoms with van der Waals surface area (Å²) in [7, 11) is 0. The van der Waals surface area contributed by atoms with Crippen LogP contribution in [0.3, 0.4) is 0 Å². The third-order valence-corrected chi connectivity index (χ3v) is 2.46. The molecule has 0 aliphatic rings. The van der Waals surface area contributed by atoms with Gasteiger partial charge in [-0.1, -0.05) is 37.3 Å². The summed E-state index contributed by atoms with van der Waals surface area (Å²) in [5.41, 5.74) is 1.04. The third kappa shape index (κ3) is 4.00. The molecule has 0 aliphatic heterocycles. The zero-order chi connectivity index (χ0) is 11.1. The second-order valence-corrected chi connectivity index (χ2v) is 3.62. The van der Waals surface area contributed by atoms with Crippen molar-refractivity contribution in [2.45, 2.75) is 25.5 Å². The van der Waals surface area contributed by atoms with Crippen LogP contribution in [-0.2, 0) is 0 Å². The fourth-order valence-corrected chi connectivity index (χ4v) is 1.40. The van der Waals surface area contributed by atoms with E-state index >= 15 is 0 Å². The molecular formula is C12H19NO2. The average Bonchev–Trinajstić information content (AvgIpc) is 2.31. The van der Waals surface area contributed by atoms with Crippen LogP contribution >= 0.6 is 0 Å².